The molecular weight excluding hydrogens is 236 g/mol. The molecule has 0 aliphatic carbocycles. The van der Waals surface area contributed by atoms with E-state index in [1.165, 1.54) is 12.1 Å². The molecule has 0 aromatic heterocycles. The van der Waals surface area contributed by atoms with Gasteiger partial charge in [0.25, 0.3) is 5.91 Å². The average Bonchev–Trinajstić information content (AvgIpc) is 2.61. The quantitative estimate of drug-likeness (QED) is 0.600. The Kier molecular flexibility index (Phi) is 3.10. The Morgan fingerprint density at radius 3 is 2.56 bits per heavy atom. The van der Waals surface area contributed by atoms with Crippen molar-refractivity contribution in [3.8, 4) is 11.5 Å². The minimum atomic E-state index is -0.864. The molecular formula is C12H14N2O4. The van der Waals surface area contributed by atoms with Crippen molar-refractivity contribution < 1.29 is 19.8 Å². The molecule has 0 radical (unpaired) electrons. The fourth-order valence-corrected chi connectivity index (χ4v) is 2.08. The molecule has 1 atom stereocenters. The molecule has 1 aromatic rings. The first kappa shape index (κ1) is 12.2. The third-order valence-corrected chi connectivity index (χ3v) is 2.83. The van der Waals surface area contributed by atoms with Crippen LogP contribution in [0.5, 0.6) is 11.5 Å². The molecule has 1 heterocycles. The third-order valence-electron chi connectivity index (χ3n) is 2.83. The second-order valence-electron chi connectivity index (χ2n) is 4.18. The number of phenols is 2. The number of rotatable bonds is 3. The van der Waals surface area contributed by atoms with E-state index < -0.39 is 18.0 Å². The number of hydrogen-bond donors (Lipinski definition) is 4. The number of aromatic hydroxyl groups is 2. The minimum Gasteiger partial charge on any atom is -0.508 e. The Hall–Kier alpha value is -2.24. The first-order valence-corrected chi connectivity index (χ1v) is 5.69. The van der Waals surface area contributed by atoms with E-state index in [0.717, 1.165) is 6.42 Å². The van der Waals surface area contributed by atoms with Gasteiger partial charge in [-0.1, -0.05) is 13.3 Å². The summed E-state index contributed by atoms with van der Waals surface area (Å²) in [6.07, 6.45) is 1.33. The van der Waals surface area contributed by atoms with E-state index in [1.807, 2.05) is 6.92 Å². The molecule has 1 fully saturated rings. The van der Waals surface area contributed by atoms with E-state index >= 15 is 0 Å². The SMILES string of the molecule is CCCc1c(O)cc(O)cc1C1NC(=O)NC1=O. The lowest BCUT2D eigenvalue weighted by Crippen LogP contribution is -2.22. The molecule has 1 unspecified atom stereocenters. The molecule has 3 amide bonds. The molecule has 4 N–H and O–H groups in total. The van der Waals surface area contributed by atoms with Crippen LogP contribution in [0.1, 0.15) is 30.5 Å². The summed E-state index contributed by atoms with van der Waals surface area (Å²) in [6.45, 7) is 1.93. The van der Waals surface area contributed by atoms with Crippen molar-refractivity contribution in [3.05, 3.63) is 23.3 Å². The summed E-state index contributed by atoms with van der Waals surface area (Å²) in [5.74, 6) is -0.695. The summed E-state index contributed by atoms with van der Waals surface area (Å²) in [5, 5.41) is 23.9. The van der Waals surface area contributed by atoms with E-state index in [1.54, 1.807) is 0 Å². The highest BCUT2D eigenvalue weighted by Gasteiger charge is 2.33. The molecule has 1 saturated heterocycles. The molecule has 1 aliphatic rings. The highest BCUT2D eigenvalue weighted by Crippen LogP contribution is 2.33. The van der Waals surface area contributed by atoms with Gasteiger partial charge < -0.3 is 15.5 Å². The van der Waals surface area contributed by atoms with Crippen LogP contribution < -0.4 is 10.6 Å². The van der Waals surface area contributed by atoms with Crippen LogP contribution in [0.15, 0.2) is 12.1 Å². The predicted molar refractivity (Wildman–Crippen MR) is 63.2 cm³/mol. The topological polar surface area (TPSA) is 98.7 Å². The molecule has 0 saturated carbocycles. The number of urea groups is 1. The first-order chi connectivity index (χ1) is 8.52. The number of imide groups is 1. The van der Waals surface area contributed by atoms with E-state index in [0.29, 0.717) is 17.5 Å². The average molecular weight is 250 g/mol. The summed E-state index contributed by atoms with van der Waals surface area (Å²) in [6, 6.07) is 1.18. The number of amides is 3. The van der Waals surface area contributed by atoms with Gasteiger partial charge in [0.05, 0.1) is 0 Å². The van der Waals surface area contributed by atoms with E-state index in [9.17, 15) is 19.8 Å². The standard InChI is InChI=1S/C12H14N2O4/c1-2-3-7-8(4-6(15)5-9(7)16)10-11(17)14-12(18)13-10/h4-5,10,15-16H,2-3H2,1H3,(H2,13,14,17,18). The molecule has 96 valence electrons. The van der Waals surface area contributed by atoms with Crippen molar-refractivity contribution in [2.24, 2.45) is 0 Å². The van der Waals surface area contributed by atoms with Gasteiger partial charge in [0.15, 0.2) is 0 Å². The first-order valence-electron chi connectivity index (χ1n) is 5.69. The van der Waals surface area contributed by atoms with Gasteiger partial charge in [-0.25, -0.2) is 4.79 Å². The van der Waals surface area contributed by atoms with Gasteiger partial charge in [0.2, 0.25) is 0 Å². The molecule has 1 aliphatic heterocycles. The summed E-state index contributed by atoms with van der Waals surface area (Å²) in [7, 11) is 0. The van der Waals surface area contributed by atoms with Crippen LogP contribution >= 0.6 is 0 Å². The summed E-state index contributed by atoms with van der Waals surface area (Å²) >= 11 is 0. The zero-order valence-corrected chi connectivity index (χ0v) is 9.86. The second kappa shape index (κ2) is 4.56. The number of benzene rings is 1. The molecule has 1 aromatic carbocycles. The lowest BCUT2D eigenvalue weighted by atomic mass is 9.96. The zero-order chi connectivity index (χ0) is 13.3. The smallest absolute Gasteiger partial charge is 0.322 e. The predicted octanol–water partition coefficient (Wildman–Crippen LogP) is 0.931. The minimum absolute atomic E-state index is 0.0687. The fourth-order valence-electron chi connectivity index (χ4n) is 2.08. The molecule has 0 bridgehead atoms. The maximum Gasteiger partial charge on any atom is 0.322 e. The van der Waals surface area contributed by atoms with Gasteiger partial charge in [-0.05, 0) is 23.6 Å². The van der Waals surface area contributed by atoms with Crippen LogP contribution in [0.25, 0.3) is 0 Å². The highest BCUT2D eigenvalue weighted by atomic mass is 16.3. The number of carbonyl (C=O) groups excluding carboxylic acids is 2. The summed E-state index contributed by atoms with van der Waals surface area (Å²) in [4.78, 5) is 22.7. The molecule has 6 heteroatoms. The Morgan fingerprint density at radius 1 is 1.28 bits per heavy atom. The lowest BCUT2D eigenvalue weighted by Gasteiger charge is -2.15. The maximum absolute atomic E-state index is 11.6. The van der Waals surface area contributed by atoms with Crippen molar-refractivity contribution in [2.75, 3.05) is 0 Å². The third kappa shape index (κ3) is 2.09. The van der Waals surface area contributed by atoms with E-state index in [-0.39, 0.29) is 11.5 Å². The Balaban J connectivity index is 2.48. The number of hydrogen-bond acceptors (Lipinski definition) is 4. The van der Waals surface area contributed by atoms with Gasteiger partial charge in [0.1, 0.15) is 17.5 Å². The number of carbonyl (C=O) groups is 2. The maximum atomic E-state index is 11.6. The van der Waals surface area contributed by atoms with Gasteiger partial charge in [0, 0.05) is 6.07 Å². The Labute approximate surface area is 104 Å². The Morgan fingerprint density at radius 2 is 2.00 bits per heavy atom. The van der Waals surface area contributed by atoms with E-state index in [4.69, 9.17) is 0 Å². The zero-order valence-electron chi connectivity index (χ0n) is 9.86. The van der Waals surface area contributed by atoms with Crippen molar-refractivity contribution in [3.63, 3.8) is 0 Å². The normalized spacial score (nSPS) is 18.6. The molecule has 2 rings (SSSR count). The van der Waals surface area contributed by atoms with Crippen molar-refractivity contribution in [2.45, 2.75) is 25.8 Å². The van der Waals surface area contributed by atoms with Crippen LogP contribution in [0.4, 0.5) is 4.79 Å². The summed E-state index contributed by atoms with van der Waals surface area (Å²) < 4.78 is 0. The van der Waals surface area contributed by atoms with Crippen molar-refractivity contribution in [1.82, 2.24) is 10.6 Å². The monoisotopic (exact) mass is 250 g/mol. The second-order valence-corrected chi connectivity index (χ2v) is 4.18. The van der Waals surface area contributed by atoms with Crippen LogP contribution in [-0.4, -0.2) is 22.2 Å². The largest absolute Gasteiger partial charge is 0.508 e. The van der Waals surface area contributed by atoms with Crippen LogP contribution in [-0.2, 0) is 11.2 Å². The summed E-state index contributed by atoms with van der Waals surface area (Å²) in [5.41, 5.74) is 0.996. The van der Waals surface area contributed by atoms with Crippen LogP contribution in [0.2, 0.25) is 0 Å². The highest BCUT2D eigenvalue weighted by molar-refractivity contribution is 6.04. The lowest BCUT2D eigenvalue weighted by molar-refractivity contribution is -0.120. The van der Waals surface area contributed by atoms with E-state index in [2.05, 4.69) is 10.6 Å². The van der Waals surface area contributed by atoms with Crippen molar-refractivity contribution >= 4 is 11.9 Å². The van der Waals surface area contributed by atoms with Gasteiger partial charge >= 0.3 is 6.03 Å². The Bertz CT molecular complexity index is 513. The molecule has 0 spiro atoms. The fraction of sp³-hybridized carbons (Fsp3) is 0.333. The van der Waals surface area contributed by atoms with Crippen molar-refractivity contribution in [1.29, 1.82) is 0 Å². The van der Waals surface area contributed by atoms with Gasteiger partial charge in [-0.3, -0.25) is 10.1 Å². The molecule has 18 heavy (non-hydrogen) atoms. The number of phenolic OH excluding ortho intramolecular Hbond substituents is 2. The molecule has 6 nitrogen and oxygen atoms in total. The van der Waals surface area contributed by atoms with Gasteiger partial charge in [-0.2, -0.15) is 0 Å². The van der Waals surface area contributed by atoms with Crippen LogP contribution in [0, 0.1) is 0 Å². The number of nitrogens with one attached hydrogen (secondary N) is 2. The van der Waals surface area contributed by atoms with Gasteiger partial charge in [-0.15, -0.1) is 0 Å². The van der Waals surface area contributed by atoms with Crippen LogP contribution in [0.3, 0.4) is 0 Å².